The van der Waals surface area contributed by atoms with Gasteiger partial charge in [0.2, 0.25) is 0 Å². The van der Waals surface area contributed by atoms with Gasteiger partial charge in [0, 0.05) is 11.6 Å². The molecule has 0 fully saturated rings. The number of furan rings is 1. The number of ether oxygens (including phenoxy) is 1. The van der Waals surface area contributed by atoms with Crippen molar-refractivity contribution in [2.45, 2.75) is 6.61 Å². The van der Waals surface area contributed by atoms with Crippen molar-refractivity contribution in [2.24, 2.45) is 0 Å². The summed E-state index contributed by atoms with van der Waals surface area (Å²) in [6.07, 6.45) is 3.30. The van der Waals surface area contributed by atoms with Crippen LogP contribution in [0.15, 0.2) is 65.5 Å². The van der Waals surface area contributed by atoms with E-state index < -0.39 is 5.97 Å². The fourth-order valence-corrected chi connectivity index (χ4v) is 2.17. The van der Waals surface area contributed by atoms with E-state index in [1.165, 1.54) is 18.2 Å². The first-order valence-electron chi connectivity index (χ1n) is 6.94. The van der Waals surface area contributed by atoms with E-state index in [1.54, 1.807) is 12.5 Å². The highest BCUT2D eigenvalue weighted by molar-refractivity contribution is 5.90. The highest BCUT2D eigenvalue weighted by Gasteiger charge is 2.10. The third-order valence-electron chi connectivity index (χ3n) is 3.41. The Morgan fingerprint density at radius 2 is 1.83 bits per heavy atom. The second-order valence-corrected chi connectivity index (χ2v) is 4.98. The molecule has 0 unspecified atom stereocenters. The lowest BCUT2D eigenvalue weighted by Gasteiger charge is -2.08. The van der Waals surface area contributed by atoms with Gasteiger partial charge in [0.25, 0.3) is 0 Å². The number of aromatic hydroxyl groups is 1. The van der Waals surface area contributed by atoms with Crippen molar-refractivity contribution in [3.63, 3.8) is 0 Å². The van der Waals surface area contributed by atoms with E-state index in [9.17, 15) is 9.90 Å². The standard InChI is InChI=1S/C18H14O5/c19-17-9-15(5-6-16(17)18(20)21)23-10-12-1-3-13(4-2-12)14-7-8-22-11-14/h1-9,11,19H,10H2,(H,20,21). The van der Waals surface area contributed by atoms with Crippen molar-refractivity contribution < 1.29 is 24.2 Å². The summed E-state index contributed by atoms with van der Waals surface area (Å²) >= 11 is 0. The third kappa shape index (κ3) is 3.35. The molecule has 23 heavy (non-hydrogen) atoms. The van der Waals surface area contributed by atoms with E-state index in [0.29, 0.717) is 12.4 Å². The number of carboxylic acids is 1. The molecule has 5 heteroatoms. The molecule has 3 aromatic rings. The summed E-state index contributed by atoms with van der Waals surface area (Å²) in [7, 11) is 0. The molecule has 0 saturated heterocycles. The van der Waals surface area contributed by atoms with Crippen LogP contribution in [0.2, 0.25) is 0 Å². The molecule has 2 aromatic carbocycles. The summed E-state index contributed by atoms with van der Waals surface area (Å²) in [4.78, 5) is 10.8. The highest BCUT2D eigenvalue weighted by atomic mass is 16.5. The number of hydrogen-bond donors (Lipinski definition) is 2. The summed E-state index contributed by atoms with van der Waals surface area (Å²) in [6.45, 7) is 0.317. The van der Waals surface area contributed by atoms with Crippen molar-refractivity contribution in [1.29, 1.82) is 0 Å². The molecule has 1 heterocycles. The van der Waals surface area contributed by atoms with Crippen LogP contribution >= 0.6 is 0 Å². The Bertz CT molecular complexity index is 804. The summed E-state index contributed by atoms with van der Waals surface area (Å²) in [5, 5.41) is 18.5. The van der Waals surface area contributed by atoms with E-state index >= 15 is 0 Å². The molecule has 0 aliphatic rings. The van der Waals surface area contributed by atoms with Gasteiger partial charge >= 0.3 is 5.97 Å². The lowest BCUT2D eigenvalue weighted by atomic mass is 10.1. The van der Waals surface area contributed by atoms with Gasteiger partial charge in [-0.15, -0.1) is 0 Å². The Hall–Kier alpha value is -3.21. The molecule has 116 valence electrons. The summed E-state index contributed by atoms with van der Waals surface area (Å²) < 4.78 is 10.6. The van der Waals surface area contributed by atoms with Gasteiger partial charge in [-0.05, 0) is 29.3 Å². The van der Waals surface area contributed by atoms with Gasteiger partial charge in [0.05, 0.1) is 12.5 Å². The molecule has 0 saturated carbocycles. The Kier molecular flexibility index (Phi) is 4.01. The topological polar surface area (TPSA) is 79.9 Å². The largest absolute Gasteiger partial charge is 0.507 e. The van der Waals surface area contributed by atoms with Crippen molar-refractivity contribution in [2.75, 3.05) is 0 Å². The molecule has 1 aromatic heterocycles. The first kappa shape index (κ1) is 14.7. The Morgan fingerprint density at radius 1 is 1.04 bits per heavy atom. The van der Waals surface area contributed by atoms with Crippen molar-refractivity contribution >= 4 is 5.97 Å². The molecule has 0 aliphatic carbocycles. The average molecular weight is 310 g/mol. The predicted octanol–water partition coefficient (Wildman–Crippen LogP) is 3.93. The van der Waals surface area contributed by atoms with E-state index in [-0.39, 0.29) is 11.3 Å². The number of aromatic carboxylic acids is 1. The molecule has 0 atom stereocenters. The van der Waals surface area contributed by atoms with Crippen LogP contribution < -0.4 is 4.74 Å². The molecular formula is C18H14O5. The molecule has 3 rings (SSSR count). The van der Waals surface area contributed by atoms with Crippen LogP contribution in [0.1, 0.15) is 15.9 Å². The van der Waals surface area contributed by atoms with Crippen molar-refractivity contribution in [1.82, 2.24) is 0 Å². The van der Waals surface area contributed by atoms with Gasteiger partial charge < -0.3 is 19.4 Å². The summed E-state index contributed by atoms with van der Waals surface area (Å²) in [5.74, 6) is -1.08. The molecule has 0 aliphatic heterocycles. The second-order valence-electron chi connectivity index (χ2n) is 4.98. The average Bonchev–Trinajstić information content (AvgIpc) is 3.07. The third-order valence-corrected chi connectivity index (χ3v) is 3.41. The Balaban J connectivity index is 1.66. The van der Waals surface area contributed by atoms with Gasteiger partial charge in [-0.3, -0.25) is 0 Å². The van der Waals surface area contributed by atoms with Gasteiger partial charge in [-0.25, -0.2) is 4.79 Å². The number of carboxylic acid groups (broad SMARTS) is 1. The SMILES string of the molecule is O=C(O)c1ccc(OCc2ccc(-c3ccoc3)cc2)cc1O. The first-order valence-corrected chi connectivity index (χ1v) is 6.94. The van der Waals surface area contributed by atoms with Gasteiger partial charge in [-0.1, -0.05) is 24.3 Å². The van der Waals surface area contributed by atoms with E-state index in [2.05, 4.69) is 0 Å². The fraction of sp³-hybridized carbons (Fsp3) is 0.0556. The minimum Gasteiger partial charge on any atom is -0.507 e. The number of hydrogen-bond acceptors (Lipinski definition) is 4. The summed E-state index contributed by atoms with van der Waals surface area (Å²) in [5.41, 5.74) is 2.86. The molecule has 0 amide bonds. The lowest BCUT2D eigenvalue weighted by molar-refractivity contribution is 0.0693. The predicted molar refractivity (Wildman–Crippen MR) is 83.5 cm³/mol. The van der Waals surface area contributed by atoms with Crippen LogP contribution in [0.5, 0.6) is 11.5 Å². The number of carbonyl (C=O) groups is 1. The van der Waals surface area contributed by atoms with Crippen LogP contribution in [0.3, 0.4) is 0 Å². The molecule has 0 spiro atoms. The van der Waals surface area contributed by atoms with Crippen LogP contribution in [-0.4, -0.2) is 16.2 Å². The lowest BCUT2D eigenvalue weighted by Crippen LogP contribution is -1.99. The quantitative estimate of drug-likeness (QED) is 0.746. The zero-order valence-electron chi connectivity index (χ0n) is 12.1. The Labute approximate surface area is 132 Å². The van der Waals surface area contributed by atoms with Gasteiger partial charge in [0.15, 0.2) is 0 Å². The first-order chi connectivity index (χ1) is 11.1. The minimum atomic E-state index is -1.18. The van der Waals surface area contributed by atoms with Gasteiger partial charge in [-0.2, -0.15) is 0 Å². The maximum atomic E-state index is 10.8. The van der Waals surface area contributed by atoms with Crippen LogP contribution in [0, 0.1) is 0 Å². The molecule has 0 bridgehead atoms. The highest BCUT2D eigenvalue weighted by Crippen LogP contribution is 2.25. The van der Waals surface area contributed by atoms with E-state index in [4.69, 9.17) is 14.3 Å². The zero-order chi connectivity index (χ0) is 16.2. The normalized spacial score (nSPS) is 10.4. The van der Waals surface area contributed by atoms with Crippen LogP contribution in [0.25, 0.3) is 11.1 Å². The fourth-order valence-electron chi connectivity index (χ4n) is 2.17. The van der Waals surface area contributed by atoms with Crippen LogP contribution in [0.4, 0.5) is 0 Å². The van der Waals surface area contributed by atoms with Crippen molar-refractivity contribution in [3.8, 4) is 22.6 Å². The smallest absolute Gasteiger partial charge is 0.339 e. The Morgan fingerprint density at radius 3 is 2.43 bits per heavy atom. The van der Waals surface area contributed by atoms with E-state index in [1.807, 2.05) is 30.3 Å². The monoisotopic (exact) mass is 310 g/mol. The maximum Gasteiger partial charge on any atom is 0.339 e. The van der Waals surface area contributed by atoms with Crippen LogP contribution in [-0.2, 0) is 6.61 Å². The van der Waals surface area contributed by atoms with Gasteiger partial charge in [0.1, 0.15) is 23.7 Å². The number of rotatable bonds is 5. The number of benzene rings is 2. The second kappa shape index (κ2) is 6.27. The maximum absolute atomic E-state index is 10.8. The molecule has 5 nitrogen and oxygen atoms in total. The summed E-state index contributed by atoms with van der Waals surface area (Å²) in [6, 6.07) is 13.8. The molecule has 2 N–H and O–H groups in total. The molecule has 0 radical (unpaired) electrons. The van der Waals surface area contributed by atoms with E-state index in [0.717, 1.165) is 16.7 Å². The van der Waals surface area contributed by atoms with Crippen molar-refractivity contribution in [3.05, 3.63) is 72.2 Å². The minimum absolute atomic E-state index is 0.151. The number of phenols is 1. The zero-order valence-corrected chi connectivity index (χ0v) is 12.1. The molecular weight excluding hydrogens is 296 g/mol.